The third-order valence-electron chi connectivity index (χ3n) is 4.16. The number of carbonyl (C=O) groups is 1. The maximum absolute atomic E-state index is 13.6. The average Bonchev–Trinajstić information content (AvgIpc) is 3.02. The minimum atomic E-state index is -3.39. The molecule has 0 saturated carbocycles. The summed E-state index contributed by atoms with van der Waals surface area (Å²) in [5, 5.41) is 15.1. The van der Waals surface area contributed by atoms with Crippen molar-refractivity contribution >= 4 is 32.4 Å². The Balaban J connectivity index is 1.72. The number of nitriles is 1. The highest BCUT2D eigenvalue weighted by Crippen LogP contribution is 2.27. The second-order valence-corrected chi connectivity index (χ2v) is 8.57. The second kappa shape index (κ2) is 8.32. The lowest BCUT2D eigenvalue weighted by Gasteiger charge is -2.09. The van der Waals surface area contributed by atoms with E-state index in [1.807, 2.05) is 0 Å². The summed E-state index contributed by atoms with van der Waals surface area (Å²) in [6, 6.07) is 12.8. The lowest BCUT2D eigenvalue weighted by atomic mass is 10.1. The van der Waals surface area contributed by atoms with E-state index in [0.717, 1.165) is 6.26 Å². The summed E-state index contributed by atoms with van der Waals surface area (Å²) in [4.78, 5) is 12.6. The van der Waals surface area contributed by atoms with Crippen LogP contribution in [0, 0.1) is 17.1 Å². The zero-order chi connectivity index (χ0) is 21.0. The Morgan fingerprint density at radius 2 is 1.93 bits per heavy atom. The maximum Gasteiger partial charge on any atom is 0.287 e. The first-order chi connectivity index (χ1) is 13.8. The number of benzene rings is 2. The molecule has 2 aromatic carbocycles. The first-order valence-electron chi connectivity index (χ1n) is 8.69. The molecule has 0 bridgehead atoms. The molecule has 0 atom stereocenters. The van der Waals surface area contributed by atoms with Crippen molar-refractivity contribution in [2.75, 3.05) is 24.7 Å². The third kappa shape index (κ3) is 4.73. The molecule has 0 aliphatic rings. The summed E-state index contributed by atoms with van der Waals surface area (Å²) in [6.07, 6.45) is 1.09. The monoisotopic (exact) mass is 415 g/mol. The summed E-state index contributed by atoms with van der Waals surface area (Å²) in [7, 11) is -3.39. The van der Waals surface area contributed by atoms with Crippen molar-refractivity contribution < 1.29 is 22.0 Å². The molecule has 9 heteroatoms. The van der Waals surface area contributed by atoms with Crippen LogP contribution in [0.15, 0.2) is 46.9 Å². The van der Waals surface area contributed by atoms with Gasteiger partial charge in [0.2, 0.25) is 0 Å². The van der Waals surface area contributed by atoms with Crippen molar-refractivity contribution in [1.29, 1.82) is 5.26 Å². The van der Waals surface area contributed by atoms with E-state index >= 15 is 0 Å². The quantitative estimate of drug-likeness (QED) is 0.574. The normalized spacial score (nSPS) is 11.2. The van der Waals surface area contributed by atoms with Gasteiger partial charge in [0.05, 0.1) is 11.4 Å². The molecule has 0 aliphatic carbocycles. The van der Waals surface area contributed by atoms with Crippen LogP contribution < -0.4 is 10.6 Å². The molecule has 1 aromatic heterocycles. The van der Waals surface area contributed by atoms with E-state index in [1.165, 1.54) is 12.1 Å². The number of halogens is 1. The molecule has 3 rings (SSSR count). The average molecular weight is 415 g/mol. The minimum Gasteiger partial charge on any atom is -0.451 e. The SMILES string of the molecule is CS(=O)(=O)Cc1c(C(=O)NCCNc2cccc(F)c2C#N)oc2ccccc12. The Bertz CT molecular complexity index is 1210. The van der Waals surface area contributed by atoms with Crippen LogP contribution in [0.3, 0.4) is 0 Å². The van der Waals surface area contributed by atoms with Crippen LogP contribution >= 0.6 is 0 Å². The smallest absolute Gasteiger partial charge is 0.287 e. The van der Waals surface area contributed by atoms with Crippen LogP contribution in [0.5, 0.6) is 0 Å². The van der Waals surface area contributed by atoms with Gasteiger partial charge in [-0.15, -0.1) is 0 Å². The molecule has 0 saturated heterocycles. The van der Waals surface area contributed by atoms with Crippen LogP contribution in [0.1, 0.15) is 21.7 Å². The first-order valence-corrected chi connectivity index (χ1v) is 10.7. The first kappa shape index (κ1) is 20.4. The zero-order valence-corrected chi connectivity index (χ0v) is 16.3. The molecule has 1 heterocycles. The number of fused-ring (bicyclic) bond motifs is 1. The molecule has 2 N–H and O–H groups in total. The van der Waals surface area contributed by atoms with Crippen molar-refractivity contribution in [3.63, 3.8) is 0 Å². The van der Waals surface area contributed by atoms with E-state index in [2.05, 4.69) is 10.6 Å². The molecule has 3 aromatic rings. The van der Waals surface area contributed by atoms with Gasteiger partial charge in [0.15, 0.2) is 15.6 Å². The number of para-hydroxylation sites is 1. The zero-order valence-electron chi connectivity index (χ0n) is 15.5. The van der Waals surface area contributed by atoms with Crippen molar-refractivity contribution in [3.8, 4) is 6.07 Å². The van der Waals surface area contributed by atoms with Crippen molar-refractivity contribution in [2.45, 2.75) is 5.75 Å². The van der Waals surface area contributed by atoms with Gasteiger partial charge in [0, 0.05) is 30.3 Å². The van der Waals surface area contributed by atoms with Gasteiger partial charge in [-0.05, 0) is 18.2 Å². The summed E-state index contributed by atoms with van der Waals surface area (Å²) >= 11 is 0. The van der Waals surface area contributed by atoms with Gasteiger partial charge in [0.1, 0.15) is 23.0 Å². The fourth-order valence-corrected chi connectivity index (χ4v) is 3.74. The van der Waals surface area contributed by atoms with Crippen molar-refractivity contribution in [1.82, 2.24) is 5.32 Å². The van der Waals surface area contributed by atoms with Crippen LogP contribution in [0.25, 0.3) is 11.0 Å². The topological polar surface area (TPSA) is 112 Å². The fourth-order valence-electron chi connectivity index (χ4n) is 2.93. The molecule has 1 amide bonds. The lowest BCUT2D eigenvalue weighted by Crippen LogP contribution is -2.29. The van der Waals surface area contributed by atoms with E-state index in [9.17, 15) is 17.6 Å². The molecule has 0 unspecified atom stereocenters. The van der Waals surface area contributed by atoms with Crippen molar-refractivity contribution in [3.05, 3.63) is 65.2 Å². The molecule has 0 aliphatic heterocycles. The second-order valence-electron chi connectivity index (χ2n) is 6.43. The van der Waals surface area contributed by atoms with Gasteiger partial charge < -0.3 is 15.1 Å². The number of hydrogen-bond donors (Lipinski definition) is 2. The van der Waals surface area contributed by atoms with Gasteiger partial charge in [-0.25, -0.2) is 12.8 Å². The molecule has 7 nitrogen and oxygen atoms in total. The Morgan fingerprint density at radius 3 is 2.66 bits per heavy atom. The number of amides is 1. The molecular formula is C20H18FN3O4S. The van der Waals surface area contributed by atoms with E-state index < -0.39 is 21.6 Å². The molecule has 29 heavy (non-hydrogen) atoms. The molecule has 0 fully saturated rings. The highest BCUT2D eigenvalue weighted by Gasteiger charge is 2.23. The Morgan fingerprint density at radius 1 is 1.17 bits per heavy atom. The summed E-state index contributed by atoms with van der Waals surface area (Å²) in [6.45, 7) is 0.376. The van der Waals surface area contributed by atoms with Gasteiger partial charge in [-0.3, -0.25) is 4.79 Å². The molecule has 0 radical (unpaired) electrons. The number of sulfone groups is 1. The molecular weight excluding hydrogens is 397 g/mol. The predicted octanol–water partition coefficient (Wildman–Crippen LogP) is 2.83. The van der Waals surface area contributed by atoms with Crippen LogP contribution in [0.4, 0.5) is 10.1 Å². The number of anilines is 1. The van der Waals surface area contributed by atoms with E-state index in [0.29, 0.717) is 22.2 Å². The standard InChI is InChI=1S/C20H18FN3O4S/c1-29(26,27)12-15-13-5-2-3-8-18(13)28-19(15)20(25)24-10-9-23-17-7-4-6-16(21)14(17)11-22/h2-8,23H,9-10,12H2,1H3,(H,24,25). The number of carbonyl (C=O) groups excluding carboxylic acids is 1. The highest BCUT2D eigenvalue weighted by molar-refractivity contribution is 7.89. The van der Waals surface area contributed by atoms with Crippen molar-refractivity contribution in [2.24, 2.45) is 0 Å². The third-order valence-corrected chi connectivity index (χ3v) is 4.98. The summed E-state index contributed by atoms with van der Waals surface area (Å²) in [5.41, 5.74) is 0.952. The van der Waals surface area contributed by atoms with E-state index in [1.54, 1.807) is 36.4 Å². The maximum atomic E-state index is 13.6. The van der Waals surface area contributed by atoms with Gasteiger partial charge in [-0.1, -0.05) is 24.3 Å². The van der Waals surface area contributed by atoms with Gasteiger partial charge in [0.25, 0.3) is 5.91 Å². The fraction of sp³-hybridized carbons (Fsp3) is 0.200. The number of nitrogens with zero attached hydrogens (tertiary/aromatic N) is 1. The van der Waals surface area contributed by atoms with Gasteiger partial charge >= 0.3 is 0 Å². The molecule has 150 valence electrons. The summed E-state index contributed by atoms with van der Waals surface area (Å²) in [5.74, 6) is -1.56. The summed E-state index contributed by atoms with van der Waals surface area (Å²) < 4.78 is 42.7. The lowest BCUT2D eigenvalue weighted by molar-refractivity contribution is 0.0928. The number of hydrogen-bond acceptors (Lipinski definition) is 6. The minimum absolute atomic E-state index is 0.0555. The Labute approximate surface area is 167 Å². The number of rotatable bonds is 7. The van der Waals surface area contributed by atoms with E-state index in [-0.39, 0.29) is 30.2 Å². The Kier molecular flexibility index (Phi) is 5.84. The van der Waals surface area contributed by atoms with Crippen LogP contribution in [-0.4, -0.2) is 33.7 Å². The number of nitrogens with one attached hydrogen (secondary N) is 2. The van der Waals surface area contributed by atoms with E-state index in [4.69, 9.17) is 9.68 Å². The van der Waals surface area contributed by atoms with Crippen LogP contribution in [0.2, 0.25) is 0 Å². The number of furan rings is 1. The highest BCUT2D eigenvalue weighted by atomic mass is 32.2. The largest absolute Gasteiger partial charge is 0.451 e. The van der Waals surface area contributed by atoms with Gasteiger partial charge in [-0.2, -0.15) is 5.26 Å². The van der Waals surface area contributed by atoms with Crippen LogP contribution in [-0.2, 0) is 15.6 Å². The Hall–Kier alpha value is -3.38. The predicted molar refractivity (Wildman–Crippen MR) is 107 cm³/mol. The molecule has 0 spiro atoms.